The van der Waals surface area contributed by atoms with Gasteiger partial charge in [-0.25, -0.2) is 13.2 Å². The van der Waals surface area contributed by atoms with Crippen molar-refractivity contribution in [3.05, 3.63) is 83.9 Å². The lowest BCUT2D eigenvalue weighted by atomic mass is 9.90. The van der Waals surface area contributed by atoms with Crippen molar-refractivity contribution in [3.8, 4) is 17.2 Å². The lowest BCUT2D eigenvalue weighted by Crippen LogP contribution is -2.58. The number of nitrogens with one attached hydrogen (secondary N) is 2. The van der Waals surface area contributed by atoms with Gasteiger partial charge in [-0.1, -0.05) is 31.4 Å². The second-order valence-corrected chi connectivity index (χ2v) is 16.4. The Bertz CT molecular complexity index is 1770. The molecule has 3 aromatic rings. The SMILES string of the molecule is Cc1cccc(Oc2ccc(C(F)(F)C(NS(=O)(=O)c3ccc(OCC4CCCCC4)cc3)C(=O)N3CCC(NC(=O)OC(C)(C)C)CC3)cc2)c1. The van der Waals surface area contributed by atoms with Crippen LogP contribution in [0.4, 0.5) is 13.6 Å². The van der Waals surface area contributed by atoms with Crippen LogP contribution in [-0.2, 0) is 25.5 Å². The van der Waals surface area contributed by atoms with Gasteiger partial charge in [-0.05, 0) is 126 Å². The van der Waals surface area contributed by atoms with Crippen LogP contribution in [0.5, 0.6) is 17.2 Å². The number of sulfonamides is 1. The molecule has 2 N–H and O–H groups in total. The molecule has 1 aliphatic heterocycles. The van der Waals surface area contributed by atoms with E-state index in [9.17, 15) is 18.0 Å². The van der Waals surface area contributed by atoms with Gasteiger partial charge in [-0.3, -0.25) is 4.79 Å². The second kappa shape index (κ2) is 16.6. The Morgan fingerprint density at radius 1 is 0.865 bits per heavy atom. The van der Waals surface area contributed by atoms with Gasteiger partial charge in [0, 0.05) is 24.7 Å². The molecule has 3 aromatic carbocycles. The highest BCUT2D eigenvalue weighted by atomic mass is 32.2. The largest absolute Gasteiger partial charge is 0.493 e. The van der Waals surface area contributed by atoms with Crippen molar-refractivity contribution < 1.29 is 41.0 Å². The standard InChI is InChI=1S/C39H49F2N3O7S/c1-27-9-8-12-33(25-27)50-32-15-13-29(14-16-32)39(40,41)35(36(45)44-23-21-30(22-24-44)42-37(46)51-38(2,3)4)43-52(47,48)34-19-17-31(18-20-34)49-26-28-10-6-5-7-11-28/h8-9,12-20,25,28,30,35,43H,5-7,10-11,21-24,26H2,1-4H3,(H,42,46). The van der Waals surface area contributed by atoms with E-state index in [4.69, 9.17) is 14.2 Å². The van der Waals surface area contributed by atoms with Crippen molar-refractivity contribution in [2.24, 2.45) is 5.92 Å². The molecule has 0 aromatic heterocycles. The first-order valence-electron chi connectivity index (χ1n) is 17.9. The number of likely N-dealkylation sites (tertiary alicyclic amines) is 1. The van der Waals surface area contributed by atoms with Gasteiger partial charge in [0.15, 0.2) is 6.04 Å². The van der Waals surface area contributed by atoms with Crippen LogP contribution in [0.1, 0.15) is 76.8 Å². The minimum absolute atomic E-state index is 0.0178. The summed E-state index contributed by atoms with van der Waals surface area (Å²) < 4.78 is 79.4. The number of halogens is 2. The van der Waals surface area contributed by atoms with Gasteiger partial charge in [0.1, 0.15) is 22.8 Å². The molecule has 52 heavy (non-hydrogen) atoms. The summed E-state index contributed by atoms with van der Waals surface area (Å²) in [4.78, 5) is 27.1. The molecule has 1 aliphatic carbocycles. The number of aryl methyl sites for hydroxylation is 1. The molecule has 5 rings (SSSR count). The third kappa shape index (κ3) is 10.7. The molecule has 0 spiro atoms. The first-order valence-corrected chi connectivity index (χ1v) is 19.3. The summed E-state index contributed by atoms with van der Waals surface area (Å²) in [6, 6.07) is 14.9. The molecular weight excluding hydrogens is 693 g/mol. The minimum atomic E-state index is -4.61. The molecule has 0 bridgehead atoms. The van der Waals surface area contributed by atoms with Crippen molar-refractivity contribution in [2.75, 3.05) is 19.7 Å². The maximum absolute atomic E-state index is 16.5. The number of carbonyl (C=O) groups is 2. The maximum atomic E-state index is 16.5. The second-order valence-electron chi connectivity index (χ2n) is 14.7. The van der Waals surface area contributed by atoms with E-state index in [0.717, 1.165) is 43.4 Å². The summed E-state index contributed by atoms with van der Waals surface area (Å²) >= 11 is 0. The zero-order chi connectivity index (χ0) is 37.5. The molecule has 1 unspecified atom stereocenters. The van der Waals surface area contributed by atoms with Crippen molar-refractivity contribution in [2.45, 2.75) is 101 Å². The summed E-state index contributed by atoms with van der Waals surface area (Å²) in [5.74, 6) is -3.33. The molecule has 2 amide bonds. The highest BCUT2D eigenvalue weighted by Gasteiger charge is 2.50. The number of carbonyl (C=O) groups excluding carboxylic acids is 2. The molecule has 10 nitrogen and oxygen atoms in total. The van der Waals surface area contributed by atoms with Gasteiger partial charge < -0.3 is 24.4 Å². The number of benzene rings is 3. The Balaban J connectivity index is 1.33. The summed E-state index contributed by atoms with van der Waals surface area (Å²) in [6.07, 6.45) is 5.62. The summed E-state index contributed by atoms with van der Waals surface area (Å²) in [7, 11) is -4.61. The number of alkyl halides is 2. The number of hydrogen-bond donors (Lipinski definition) is 2. The van der Waals surface area contributed by atoms with Crippen LogP contribution in [0.25, 0.3) is 0 Å². The van der Waals surface area contributed by atoms with Crippen LogP contribution in [0.2, 0.25) is 0 Å². The highest BCUT2D eigenvalue weighted by molar-refractivity contribution is 7.89. The lowest BCUT2D eigenvalue weighted by Gasteiger charge is -2.36. The highest BCUT2D eigenvalue weighted by Crippen LogP contribution is 2.36. The molecule has 13 heteroatoms. The number of rotatable bonds is 12. The van der Waals surface area contributed by atoms with Crippen LogP contribution in [-0.4, -0.2) is 62.7 Å². The number of nitrogens with zero attached hydrogens (tertiary/aromatic N) is 1. The Morgan fingerprint density at radius 2 is 1.50 bits per heavy atom. The molecule has 1 atom stereocenters. The smallest absolute Gasteiger partial charge is 0.407 e. The van der Waals surface area contributed by atoms with Crippen LogP contribution >= 0.6 is 0 Å². The molecule has 2 aliphatic rings. The van der Waals surface area contributed by atoms with Gasteiger partial charge in [0.2, 0.25) is 15.9 Å². The number of amides is 2. The minimum Gasteiger partial charge on any atom is -0.493 e. The van der Waals surface area contributed by atoms with Gasteiger partial charge in [0.25, 0.3) is 5.92 Å². The van der Waals surface area contributed by atoms with Gasteiger partial charge in [-0.15, -0.1) is 0 Å². The number of piperidine rings is 1. The van der Waals surface area contributed by atoms with E-state index in [1.807, 2.05) is 23.8 Å². The van der Waals surface area contributed by atoms with Crippen molar-refractivity contribution in [3.63, 3.8) is 0 Å². The third-order valence-electron chi connectivity index (χ3n) is 9.22. The monoisotopic (exact) mass is 741 g/mol. The van der Waals surface area contributed by atoms with Crippen LogP contribution in [0.3, 0.4) is 0 Å². The number of alkyl carbamates (subject to hydrolysis) is 1. The van der Waals surface area contributed by atoms with Crippen LogP contribution in [0.15, 0.2) is 77.7 Å². The first-order chi connectivity index (χ1) is 24.6. The Hall–Kier alpha value is -4.23. The average molecular weight is 742 g/mol. The van der Waals surface area contributed by atoms with E-state index >= 15 is 8.78 Å². The lowest BCUT2D eigenvalue weighted by molar-refractivity contribution is -0.145. The van der Waals surface area contributed by atoms with E-state index in [1.54, 1.807) is 32.9 Å². The van der Waals surface area contributed by atoms with Gasteiger partial charge in [0.05, 0.1) is 11.5 Å². The Labute approximate surface area is 305 Å². The summed E-state index contributed by atoms with van der Waals surface area (Å²) in [5, 5.41) is 2.76. The quantitative estimate of drug-likeness (QED) is 0.195. The first kappa shape index (κ1) is 39.0. The fourth-order valence-electron chi connectivity index (χ4n) is 6.41. The fraction of sp³-hybridized carbons (Fsp3) is 0.487. The van der Waals surface area contributed by atoms with Crippen molar-refractivity contribution in [1.29, 1.82) is 0 Å². The zero-order valence-corrected chi connectivity index (χ0v) is 31.0. The number of hydrogen-bond acceptors (Lipinski definition) is 7. The predicted octanol–water partition coefficient (Wildman–Crippen LogP) is 7.70. The molecule has 1 heterocycles. The fourth-order valence-corrected chi connectivity index (χ4v) is 7.60. The molecule has 282 valence electrons. The summed E-state index contributed by atoms with van der Waals surface area (Å²) in [5.41, 5.74) is -0.317. The molecule has 0 radical (unpaired) electrons. The van der Waals surface area contributed by atoms with Crippen molar-refractivity contribution in [1.82, 2.24) is 14.9 Å². The topological polar surface area (TPSA) is 123 Å². The molecular formula is C39H49F2N3O7S. The van der Waals surface area contributed by atoms with E-state index in [-0.39, 0.29) is 36.9 Å². The van der Waals surface area contributed by atoms with Gasteiger partial charge >= 0.3 is 6.09 Å². The average Bonchev–Trinajstić information content (AvgIpc) is 3.10. The third-order valence-corrected chi connectivity index (χ3v) is 10.7. The van der Waals surface area contributed by atoms with E-state index < -0.39 is 45.2 Å². The van der Waals surface area contributed by atoms with Gasteiger partial charge in [-0.2, -0.15) is 13.5 Å². The predicted molar refractivity (Wildman–Crippen MR) is 193 cm³/mol. The normalized spacial score (nSPS) is 16.9. The maximum Gasteiger partial charge on any atom is 0.407 e. The molecule has 1 saturated heterocycles. The van der Waals surface area contributed by atoms with Crippen LogP contribution < -0.4 is 19.5 Å². The van der Waals surface area contributed by atoms with E-state index in [0.29, 0.717) is 29.8 Å². The summed E-state index contributed by atoms with van der Waals surface area (Å²) in [6.45, 7) is 7.66. The van der Waals surface area contributed by atoms with E-state index in [1.165, 1.54) is 47.7 Å². The molecule has 2 fully saturated rings. The van der Waals surface area contributed by atoms with Crippen molar-refractivity contribution >= 4 is 22.0 Å². The Kier molecular flexibility index (Phi) is 12.5. The Morgan fingerprint density at radius 3 is 2.12 bits per heavy atom. The van der Waals surface area contributed by atoms with Crippen LogP contribution in [0, 0.1) is 12.8 Å². The number of ether oxygens (including phenoxy) is 3. The van der Waals surface area contributed by atoms with E-state index in [2.05, 4.69) is 5.32 Å². The molecule has 1 saturated carbocycles. The zero-order valence-electron chi connectivity index (χ0n) is 30.2.